The number of nitrogens with zero attached hydrogens (tertiary/aromatic N) is 3. The minimum absolute atomic E-state index is 0.167. The van der Waals surface area contributed by atoms with Crippen LogP contribution in [0.15, 0.2) is 54.6 Å². The van der Waals surface area contributed by atoms with Gasteiger partial charge in [-0.15, -0.1) is 0 Å². The van der Waals surface area contributed by atoms with Crippen molar-refractivity contribution in [2.75, 3.05) is 16.8 Å². The number of nitrogens with one attached hydrogen (secondary N) is 1. The SMILES string of the molecule is Cc1nc(Nc2ccc(OC(C)C)cc2)cc(N2CCc3ccccc3C2)n1. The molecule has 1 N–H and O–H groups in total. The maximum absolute atomic E-state index is 5.71. The fourth-order valence-electron chi connectivity index (χ4n) is 3.51. The molecule has 0 bridgehead atoms. The second kappa shape index (κ2) is 7.89. The Kier molecular flexibility index (Phi) is 5.15. The van der Waals surface area contributed by atoms with Crippen molar-refractivity contribution >= 4 is 17.3 Å². The number of ether oxygens (including phenoxy) is 1. The van der Waals surface area contributed by atoms with E-state index in [-0.39, 0.29) is 6.10 Å². The molecule has 28 heavy (non-hydrogen) atoms. The first kappa shape index (κ1) is 18.3. The highest BCUT2D eigenvalue weighted by molar-refractivity contribution is 5.61. The minimum atomic E-state index is 0.167. The molecule has 0 atom stereocenters. The van der Waals surface area contributed by atoms with Gasteiger partial charge in [-0.1, -0.05) is 24.3 Å². The monoisotopic (exact) mass is 374 g/mol. The molecule has 1 aromatic heterocycles. The Morgan fingerprint density at radius 2 is 1.75 bits per heavy atom. The fourth-order valence-corrected chi connectivity index (χ4v) is 3.51. The number of rotatable bonds is 5. The van der Waals surface area contributed by atoms with Crippen LogP contribution in [0.1, 0.15) is 30.8 Å². The molecule has 1 aliphatic heterocycles. The van der Waals surface area contributed by atoms with Crippen LogP contribution in [0.2, 0.25) is 0 Å². The summed E-state index contributed by atoms with van der Waals surface area (Å²) < 4.78 is 5.71. The average Bonchev–Trinajstić information content (AvgIpc) is 2.68. The maximum Gasteiger partial charge on any atom is 0.136 e. The Balaban J connectivity index is 1.51. The van der Waals surface area contributed by atoms with E-state index in [1.165, 1.54) is 11.1 Å². The van der Waals surface area contributed by atoms with Gasteiger partial charge in [0, 0.05) is 24.8 Å². The average molecular weight is 374 g/mol. The summed E-state index contributed by atoms with van der Waals surface area (Å²) >= 11 is 0. The van der Waals surface area contributed by atoms with E-state index < -0.39 is 0 Å². The van der Waals surface area contributed by atoms with Crippen LogP contribution in [0, 0.1) is 6.92 Å². The first-order valence-corrected chi connectivity index (χ1v) is 9.78. The summed E-state index contributed by atoms with van der Waals surface area (Å²) in [6.45, 7) is 7.83. The van der Waals surface area contributed by atoms with Crippen LogP contribution >= 0.6 is 0 Å². The standard InChI is InChI=1S/C23H26N4O/c1-16(2)28-21-10-8-20(9-11-21)26-22-14-23(25-17(3)24-22)27-13-12-18-6-4-5-7-19(18)15-27/h4-11,14,16H,12-13,15H2,1-3H3,(H,24,25,26). The first-order valence-electron chi connectivity index (χ1n) is 9.78. The lowest BCUT2D eigenvalue weighted by Gasteiger charge is -2.30. The van der Waals surface area contributed by atoms with Crippen molar-refractivity contribution in [3.63, 3.8) is 0 Å². The van der Waals surface area contributed by atoms with Gasteiger partial charge in [-0.05, 0) is 62.6 Å². The molecule has 0 saturated heterocycles. The summed E-state index contributed by atoms with van der Waals surface area (Å²) in [5.41, 5.74) is 3.79. The zero-order valence-corrected chi connectivity index (χ0v) is 16.6. The van der Waals surface area contributed by atoms with Crippen molar-refractivity contribution in [2.45, 2.75) is 39.8 Å². The van der Waals surface area contributed by atoms with Gasteiger partial charge in [0.2, 0.25) is 0 Å². The Bertz CT molecular complexity index is 953. The summed E-state index contributed by atoms with van der Waals surface area (Å²) in [5.74, 6) is 3.40. The molecule has 0 amide bonds. The van der Waals surface area contributed by atoms with Crippen molar-refractivity contribution in [1.82, 2.24) is 9.97 Å². The number of fused-ring (bicyclic) bond motifs is 1. The zero-order valence-electron chi connectivity index (χ0n) is 16.6. The summed E-state index contributed by atoms with van der Waals surface area (Å²) in [6, 6.07) is 18.6. The number of hydrogen-bond acceptors (Lipinski definition) is 5. The van der Waals surface area contributed by atoms with Gasteiger partial charge in [-0.2, -0.15) is 0 Å². The largest absolute Gasteiger partial charge is 0.491 e. The smallest absolute Gasteiger partial charge is 0.136 e. The summed E-state index contributed by atoms with van der Waals surface area (Å²) in [6.07, 6.45) is 1.21. The molecule has 0 saturated carbocycles. The van der Waals surface area contributed by atoms with Gasteiger partial charge in [-0.25, -0.2) is 9.97 Å². The Morgan fingerprint density at radius 3 is 2.50 bits per heavy atom. The third kappa shape index (κ3) is 4.25. The van der Waals surface area contributed by atoms with Gasteiger partial charge in [0.25, 0.3) is 0 Å². The van der Waals surface area contributed by atoms with E-state index in [1.54, 1.807) is 0 Å². The molecule has 1 aliphatic rings. The summed E-state index contributed by atoms with van der Waals surface area (Å²) in [7, 11) is 0. The van der Waals surface area contributed by atoms with Crippen LogP contribution in [0.4, 0.5) is 17.3 Å². The lowest BCUT2D eigenvalue weighted by atomic mass is 10.00. The van der Waals surface area contributed by atoms with Crippen molar-refractivity contribution in [3.05, 3.63) is 71.5 Å². The normalized spacial score (nSPS) is 13.4. The van der Waals surface area contributed by atoms with E-state index in [4.69, 9.17) is 4.74 Å². The molecule has 144 valence electrons. The molecule has 5 nitrogen and oxygen atoms in total. The topological polar surface area (TPSA) is 50.3 Å². The van der Waals surface area contributed by atoms with Crippen LogP contribution in [0.25, 0.3) is 0 Å². The third-order valence-electron chi connectivity index (χ3n) is 4.78. The van der Waals surface area contributed by atoms with Gasteiger partial charge in [-0.3, -0.25) is 0 Å². The highest BCUT2D eigenvalue weighted by Gasteiger charge is 2.18. The van der Waals surface area contributed by atoms with Crippen LogP contribution in [-0.2, 0) is 13.0 Å². The predicted octanol–water partition coefficient (Wildman–Crippen LogP) is 4.88. The van der Waals surface area contributed by atoms with Crippen LogP contribution in [0.3, 0.4) is 0 Å². The van der Waals surface area contributed by atoms with E-state index in [9.17, 15) is 0 Å². The molecular weight excluding hydrogens is 348 g/mol. The van der Waals surface area contributed by atoms with E-state index in [2.05, 4.69) is 44.5 Å². The first-order chi connectivity index (χ1) is 13.6. The summed E-state index contributed by atoms with van der Waals surface area (Å²) in [5, 5.41) is 3.39. The van der Waals surface area contributed by atoms with Gasteiger partial charge < -0.3 is 15.0 Å². The molecule has 4 rings (SSSR count). The van der Waals surface area contributed by atoms with Crippen molar-refractivity contribution < 1.29 is 4.74 Å². The number of anilines is 3. The van der Waals surface area contributed by atoms with E-state index in [0.29, 0.717) is 0 Å². The second-order valence-corrected chi connectivity index (χ2v) is 7.41. The molecule has 2 heterocycles. The highest BCUT2D eigenvalue weighted by atomic mass is 16.5. The number of hydrogen-bond donors (Lipinski definition) is 1. The maximum atomic E-state index is 5.71. The van der Waals surface area contributed by atoms with Gasteiger partial charge in [0.05, 0.1) is 6.10 Å². The number of aryl methyl sites for hydroxylation is 1. The van der Waals surface area contributed by atoms with Crippen molar-refractivity contribution in [3.8, 4) is 5.75 Å². The fraction of sp³-hybridized carbons (Fsp3) is 0.304. The van der Waals surface area contributed by atoms with E-state index in [1.807, 2.05) is 51.1 Å². The summed E-state index contributed by atoms with van der Waals surface area (Å²) in [4.78, 5) is 11.6. The van der Waals surface area contributed by atoms with Crippen LogP contribution in [-0.4, -0.2) is 22.6 Å². The van der Waals surface area contributed by atoms with E-state index in [0.717, 1.165) is 48.4 Å². The Morgan fingerprint density at radius 1 is 1.00 bits per heavy atom. The van der Waals surface area contributed by atoms with Gasteiger partial charge in [0.1, 0.15) is 23.2 Å². The second-order valence-electron chi connectivity index (χ2n) is 7.41. The minimum Gasteiger partial charge on any atom is -0.491 e. The highest BCUT2D eigenvalue weighted by Crippen LogP contribution is 2.26. The quantitative estimate of drug-likeness (QED) is 0.690. The number of aromatic nitrogens is 2. The molecule has 0 unspecified atom stereocenters. The Hall–Kier alpha value is -3.08. The molecule has 0 aliphatic carbocycles. The lowest BCUT2D eigenvalue weighted by molar-refractivity contribution is 0.242. The Labute approximate surface area is 166 Å². The lowest BCUT2D eigenvalue weighted by Crippen LogP contribution is -2.31. The third-order valence-corrected chi connectivity index (χ3v) is 4.78. The van der Waals surface area contributed by atoms with Gasteiger partial charge in [0.15, 0.2) is 0 Å². The molecule has 2 aromatic carbocycles. The molecule has 0 fully saturated rings. The van der Waals surface area contributed by atoms with Crippen LogP contribution in [0.5, 0.6) is 5.75 Å². The van der Waals surface area contributed by atoms with Crippen LogP contribution < -0.4 is 15.0 Å². The van der Waals surface area contributed by atoms with E-state index >= 15 is 0 Å². The molecule has 0 radical (unpaired) electrons. The molecule has 5 heteroatoms. The molecular formula is C23H26N4O. The molecule has 3 aromatic rings. The van der Waals surface area contributed by atoms with Crippen molar-refractivity contribution in [1.29, 1.82) is 0 Å². The van der Waals surface area contributed by atoms with Gasteiger partial charge >= 0.3 is 0 Å². The number of benzene rings is 2. The predicted molar refractivity (Wildman–Crippen MR) is 113 cm³/mol. The van der Waals surface area contributed by atoms with Crippen molar-refractivity contribution in [2.24, 2.45) is 0 Å². The molecule has 0 spiro atoms. The zero-order chi connectivity index (χ0) is 19.5.